The van der Waals surface area contributed by atoms with Crippen molar-refractivity contribution in [3.63, 3.8) is 0 Å². The van der Waals surface area contributed by atoms with Crippen LogP contribution in [-0.2, 0) is 16.0 Å². The second-order valence-corrected chi connectivity index (χ2v) is 3.51. The molecule has 1 unspecified atom stereocenters. The molecule has 5 nitrogen and oxygen atoms in total. The summed E-state index contributed by atoms with van der Waals surface area (Å²) in [6.45, 7) is 2.40. The summed E-state index contributed by atoms with van der Waals surface area (Å²) in [6.07, 6.45) is 4.79. The van der Waals surface area contributed by atoms with E-state index in [0.717, 1.165) is 11.4 Å². The first-order valence-electron chi connectivity index (χ1n) is 5.24. The van der Waals surface area contributed by atoms with Gasteiger partial charge < -0.3 is 9.84 Å². The maximum Gasteiger partial charge on any atom is 0.293 e. The number of carbonyl (C=O) groups is 1. The van der Waals surface area contributed by atoms with Crippen molar-refractivity contribution in [1.82, 2.24) is 9.97 Å². The van der Waals surface area contributed by atoms with Crippen LogP contribution in [0.4, 0.5) is 0 Å². The van der Waals surface area contributed by atoms with Gasteiger partial charge in [0.05, 0.1) is 11.4 Å². The highest BCUT2D eigenvalue weighted by Gasteiger charge is 2.12. The molecule has 0 radical (unpaired) electrons. The first-order chi connectivity index (χ1) is 7.77. The minimum atomic E-state index is -0.236. The Hall–Kier alpha value is -1.49. The van der Waals surface area contributed by atoms with E-state index in [4.69, 9.17) is 9.84 Å². The van der Waals surface area contributed by atoms with Gasteiger partial charge in [0, 0.05) is 25.4 Å². The number of aryl methyl sites for hydroxylation is 1. The lowest BCUT2D eigenvalue weighted by Crippen LogP contribution is -2.17. The maximum atomic E-state index is 10.3. The summed E-state index contributed by atoms with van der Waals surface area (Å²) in [7, 11) is 0. The van der Waals surface area contributed by atoms with Crippen molar-refractivity contribution in [3.05, 3.63) is 23.8 Å². The van der Waals surface area contributed by atoms with Crippen LogP contribution in [0.1, 0.15) is 24.2 Å². The van der Waals surface area contributed by atoms with Gasteiger partial charge in [0.1, 0.15) is 6.10 Å². The molecule has 88 valence electrons. The number of ether oxygens (including phenoxy) is 1. The molecule has 0 spiro atoms. The van der Waals surface area contributed by atoms with Gasteiger partial charge in [-0.25, -0.2) is 0 Å². The van der Waals surface area contributed by atoms with E-state index < -0.39 is 0 Å². The first-order valence-corrected chi connectivity index (χ1v) is 5.24. The van der Waals surface area contributed by atoms with Crippen LogP contribution in [0.3, 0.4) is 0 Å². The Balaban J connectivity index is 2.60. The van der Waals surface area contributed by atoms with Crippen LogP contribution in [0, 0.1) is 6.92 Å². The summed E-state index contributed by atoms with van der Waals surface area (Å²) in [5.41, 5.74) is 1.67. The molecule has 5 heteroatoms. The molecule has 0 bridgehead atoms. The highest BCUT2D eigenvalue weighted by molar-refractivity contribution is 5.37. The summed E-state index contributed by atoms with van der Waals surface area (Å²) in [4.78, 5) is 18.6. The highest BCUT2D eigenvalue weighted by atomic mass is 16.5. The van der Waals surface area contributed by atoms with Crippen LogP contribution in [0.25, 0.3) is 0 Å². The molecule has 1 heterocycles. The molecule has 1 aromatic rings. The van der Waals surface area contributed by atoms with Gasteiger partial charge in [0.15, 0.2) is 0 Å². The van der Waals surface area contributed by atoms with Gasteiger partial charge in [0.2, 0.25) is 0 Å². The molecule has 0 amide bonds. The second-order valence-electron chi connectivity index (χ2n) is 3.51. The number of nitrogens with zero attached hydrogens (tertiary/aromatic N) is 2. The minimum Gasteiger partial charge on any atom is -0.464 e. The van der Waals surface area contributed by atoms with E-state index in [1.54, 1.807) is 12.4 Å². The van der Waals surface area contributed by atoms with Crippen LogP contribution in [-0.4, -0.2) is 34.3 Å². The normalized spacial score (nSPS) is 12.1. The van der Waals surface area contributed by atoms with Crippen molar-refractivity contribution in [1.29, 1.82) is 0 Å². The quantitative estimate of drug-likeness (QED) is 0.688. The average Bonchev–Trinajstić information content (AvgIpc) is 2.29. The van der Waals surface area contributed by atoms with Gasteiger partial charge >= 0.3 is 0 Å². The van der Waals surface area contributed by atoms with Gasteiger partial charge in [-0.05, 0) is 19.8 Å². The van der Waals surface area contributed by atoms with Gasteiger partial charge in [0.25, 0.3) is 6.47 Å². The Morgan fingerprint density at radius 2 is 2.25 bits per heavy atom. The molecule has 0 aromatic carbocycles. The molecule has 1 aromatic heterocycles. The van der Waals surface area contributed by atoms with E-state index >= 15 is 0 Å². The lowest BCUT2D eigenvalue weighted by atomic mass is 10.1. The van der Waals surface area contributed by atoms with Crippen molar-refractivity contribution in [2.45, 2.75) is 32.3 Å². The Morgan fingerprint density at radius 3 is 2.88 bits per heavy atom. The zero-order chi connectivity index (χ0) is 11.8. The van der Waals surface area contributed by atoms with Crippen LogP contribution >= 0.6 is 0 Å². The summed E-state index contributed by atoms with van der Waals surface area (Å²) < 4.78 is 4.94. The molecule has 1 N–H and O–H groups in total. The molecule has 0 fully saturated rings. The molecule has 0 aliphatic rings. The van der Waals surface area contributed by atoms with Crippen LogP contribution in [0.5, 0.6) is 0 Å². The molecule has 0 saturated carbocycles. The molecular formula is C11H16N2O3. The Bertz CT molecular complexity index is 331. The Morgan fingerprint density at radius 1 is 1.50 bits per heavy atom. The molecule has 1 atom stereocenters. The van der Waals surface area contributed by atoms with E-state index in [1.807, 2.05) is 6.92 Å². The number of aliphatic hydroxyl groups excluding tert-OH is 1. The van der Waals surface area contributed by atoms with Gasteiger partial charge in [-0.1, -0.05) is 0 Å². The van der Waals surface area contributed by atoms with E-state index in [2.05, 4.69) is 9.97 Å². The van der Waals surface area contributed by atoms with E-state index in [9.17, 15) is 4.79 Å². The topological polar surface area (TPSA) is 72.3 Å². The lowest BCUT2D eigenvalue weighted by molar-refractivity contribution is -0.133. The molecule has 1 rings (SSSR count). The fourth-order valence-corrected chi connectivity index (χ4v) is 1.47. The standard InChI is InChI=1S/C11H16N2O3/c1-9-11(13-5-4-12-9)7-10(16-8-15)3-2-6-14/h4-5,8,10,14H,2-3,6-7H2,1H3. The van der Waals surface area contributed by atoms with Crippen LogP contribution in [0.15, 0.2) is 12.4 Å². The number of hydrogen-bond donors (Lipinski definition) is 1. The lowest BCUT2D eigenvalue weighted by Gasteiger charge is -2.14. The third kappa shape index (κ3) is 3.94. The molecule has 16 heavy (non-hydrogen) atoms. The summed E-state index contributed by atoms with van der Waals surface area (Å²) in [6, 6.07) is 0. The van der Waals surface area contributed by atoms with Crippen LogP contribution < -0.4 is 0 Å². The minimum absolute atomic E-state index is 0.0954. The van der Waals surface area contributed by atoms with Crippen molar-refractivity contribution >= 4 is 6.47 Å². The molecule has 0 aliphatic carbocycles. The zero-order valence-electron chi connectivity index (χ0n) is 9.30. The van der Waals surface area contributed by atoms with Crippen LogP contribution in [0.2, 0.25) is 0 Å². The summed E-state index contributed by atoms with van der Waals surface area (Å²) in [5, 5.41) is 8.73. The number of carbonyl (C=O) groups excluding carboxylic acids is 1. The average molecular weight is 224 g/mol. The highest BCUT2D eigenvalue weighted by Crippen LogP contribution is 2.10. The summed E-state index contributed by atoms with van der Waals surface area (Å²) in [5.74, 6) is 0. The third-order valence-electron chi connectivity index (χ3n) is 2.34. The largest absolute Gasteiger partial charge is 0.464 e. The molecule has 0 aliphatic heterocycles. The Labute approximate surface area is 94.5 Å². The smallest absolute Gasteiger partial charge is 0.293 e. The van der Waals surface area contributed by atoms with Crippen molar-refractivity contribution < 1.29 is 14.6 Å². The first kappa shape index (κ1) is 12.6. The van der Waals surface area contributed by atoms with Crippen molar-refractivity contribution in [3.8, 4) is 0 Å². The third-order valence-corrected chi connectivity index (χ3v) is 2.34. The van der Waals surface area contributed by atoms with E-state index in [0.29, 0.717) is 25.7 Å². The number of aromatic nitrogens is 2. The fourth-order valence-electron chi connectivity index (χ4n) is 1.47. The number of aliphatic hydroxyl groups is 1. The van der Waals surface area contributed by atoms with Gasteiger partial charge in [-0.15, -0.1) is 0 Å². The van der Waals surface area contributed by atoms with Gasteiger partial charge in [-0.3, -0.25) is 14.8 Å². The zero-order valence-corrected chi connectivity index (χ0v) is 9.30. The second kappa shape index (κ2) is 6.90. The van der Waals surface area contributed by atoms with Gasteiger partial charge in [-0.2, -0.15) is 0 Å². The molecule has 0 saturated heterocycles. The number of hydrogen-bond acceptors (Lipinski definition) is 5. The Kier molecular flexibility index (Phi) is 5.42. The van der Waals surface area contributed by atoms with Crippen molar-refractivity contribution in [2.75, 3.05) is 6.61 Å². The fraction of sp³-hybridized carbons (Fsp3) is 0.545. The molecular weight excluding hydrogens is 208 g/mol. The SMILES string of the molecule is Cc1nccnc1CC(CCCO)OC=O. The van der Waals surface area contributed by atoms with E-state index in [-0.39, 0.29) is 12.7 Å². The predicted molar refractivity (Wildman–Crippen MR) is 57.7 cm³/mol. The summed E-state index contributed by atoms with van der Waals surface area (Å²) >= 11 is 0. The number of rotatable bonds is 7. The van der Waals surface area contributed by atoms with E-state index in [1.165, 1.54) is 0 Å². The monoisotopic (exact) mass is 224 g/mol. The predicted octanol–water partition coefficient (Wildman–Crippen LogP) is 0.642. The maximum absolute atomic E-state index is 10.3. The van der Waals surface area contributed by atoms with Crippen molar-refractivity contribution in [2.24, 2.45) is 0 Å².